The smallest absolute Gasteiger partial charge is 0.424 e. The van der Waals surface area contributed by atoms with Crippen LogP contribution in [-0.2, 0) is 19.6 Å². The molecule has 2 rings (SSSR count). The van der Waals surface area contributed by atoms with Crippen molar-refractivity contribution in [3.8, 4) is 22.6 Å². The fraction of sp³-hybridized carbons (Fsp3) is 0.448. The van der Waals surface area contributed by atoms with E-state index in [1.54, 1.807) is 57.2 Å². The molecular weight excluding hydrogens is 613 g/mol. The summed E-state index contributed by atoms with van der Waals surface area (Å²) in [5.41, 5.74) is 0.615. The van der Waals surface area contributed by atoms with E-state index in [2.05, 4.69) is 13.2 Å². The summed E-state index contributed by atoms with van der Waals surface area (Å²) < 4.78 is 40.5. The van der Waals surface area contributed by atoms with Crippen LogP contribution in [0.2, 0.25) is 10.0 Å². The summed E-state index contributed by atoms with van der Waals surface area (Å²) in [6, 6.07) is 10.2. The standard InChI is InChI=1S/C24H28Cl3NO7S.C2H6.C2H4.CH4/c1-24(2,3)35-23(30)28(36(4,31)32)14-18(29)15-34-19-8-6-16(7-9-19)17-12-20(26)22(21(27)13-17)33-11-5-10-25;2*1-2;/h6-9,12-13H,5,10-11,14-15H2,1-4H3;1-2H3;1-2H2;1H4. The van der Waals surface area contributed by atoms with Gasteiger partial charge < -0.3 is 14.2 Å². The Morgan fingerprint density at radius 1 is 0.951 bits per heavy atom. The fourth-order valence-electron chi connectivity index (χ4n) is 2.84. The number of sulfonamides is 1. The zero-order valence-corrected chi connectivity index (χ0v) is 26.8. The molecule has 0 aliphatic rings. The van der Waals surface area contributed by atoms with E-state index in [4.69, 9.17) is 49.0 Å². The monoisotopic (exact) mass is 653 g/mol. The maximum Gasteiger partial charge on any atom is 0.424 e. The van der Waals surface area contributed by atoms with Crippen molar-refractivity contribution in [2.75, 3.05) is 31.9 Å². The molecule has 0 bridgehead atoms. The van der Waals surface area contributed by atoms with E-state index in [0.29, 0.717) is 44.8 Å². The van der Waals surface area contributed by atoms with Gasteiger partial charge in [-0.25, -0.2) is 13.2 Å². The van der Waals surface area contributed by atoms with Crippen molar-refractivity contribution in [3.05, 3.63) is 59.6 Å². The quantitative estimate of drug-likeness (QED) is 0.137. The topological polar surface area (TPSA) is 99.2 Å². The van der Waals surface area contributed by atoms with Crippen LogP contribution < -0.4 is 9.47 Å². The Morgan fingerprint density at radius 2 is 1.46 bits per heavy atom. The molecule has 0 radical (unpaired) electrons. The summed E-state index contributed by atoms with van der Waals surface area (Å²) in [7, 11) is -4.02. The minimum Gasteiger partial charge on any atom is -0.490 e. The molecule has 2 aromatic carbocycles. The summed E-state index contributed by atoms with van der Waals surface area (Å²) in [6.07, 6.45) is 0.351. The zero-order valence-electron chi connectivity index (χ0n) is 23.8. The molecule has 0 spiro atoms. The van der Waals surface area contributed by atoms with Gasteiger partial charge >= 0.3 is 6.09 Å². The van der Waals surface area contributed by atoms with Gasteiger partial charge in [-0.3, -0.25) is 4.79 Å². The van der Waals surface area contributed by atoms with Gasteiger partial charge in [-0.1, -0.05) is 56.6 Å². The lowest BCUT2D eigenvalue weighted by Gasteiger charge is -2.25. The number of Topliss-reactive ketones (excluding diaryl/α,β-unsaturated/α-hetero) is 1. The van der Waals surface area contributed by atoms with Crippen molar-refractivity contribution in [3.63, 3.8) is 0 Å². The van der Waals surface area contributed by atoms with Crippen LogP contribution >= 0.6 is 34.8 Å². The van der Waals surface area contributed by atoms with Crippen LogP contribution in [0.1, 0.15) is 48.5 Å². The fourth-order valence-corrected chi connectivity index (χ4v) is 4.23. The number of carbonyl (C=O) groups is 2. The van der Waals surface area contributed by atoms with Crippen molar-refractivity contribution in [2.24, 2.45) is 0 Å². The van der Waals surface area contributed by atoms with Crippen LogP contribution in [0, 0.1) is 0 Å². The van der Waals surface area contributed by atoms with Crippen LogP contribution in [0.3, 0.4) is 0 Å². The van der Waals surface area contributed by atoms with Gasteiger partial charge in [0.1, 0.15) is 24.5 Å². The highest BCUT2D eigenvalue weighted by Crippen LogP contribution is 2.38. The molecule has 0 fully saturated rings. The van der Waals surface area contributed by atoms with E-state index < -0.39 is 40.7 Å². The van der Waals surface area contributed by atoms with Gasteiger partial charge in [0.25, 0.3) is 0 Å². The molecule has 2 aromatic rings. The lowest BCUT2D eigenvalue weighted by Crippen LogP contribution is -2.43. The molecule has 0 N–H and O–H groups in total. The average Bonchev–Trinajstić information content (AvgIpc) is 2.88. The largest absolute Gasteiger partial charge is 0.490 e. The van der Waals surface area contributed by atoms with Crippen LogP contribution in [-0.4, -0.2) is 62.1 Å². The number of hydrogen-bond acceptors (Lipinski definition) is 7. The number of carbonyl (C=O) groups excluding carboxylic acids is 2. The second kappa shape index (κ2) is 19.6. The van der Waals surface area contributed by atoms with Gasteiger partial charge in [0.05, 0.1) is 22.9 Å². The molecule has 8 nitrogen and oxygen atoms in total. The molecule has 0 saturated carbocycles. The number of alkyl halides is 1. The first-order valence-electron chi connectivity index (χ1n) is 12.3. The minimum absolute atomic E-state index is 0. The molecule has 0 aromatic heterocycles. The van der Waals surface area contributed by atoms with Gasteiger partial charge in [-0.05, 0) is 62.6 Å². The molecule has 232 valence electrons. The number of rotatable bonds is 11. The van der Waals surface area contributed by atoms with E-state index >= 15 is 0 Å². The van der Waals surface area contributed by atoms with Crippen molar-refractivity contribution >= 4 is 56.7 Å². The molecule has 12 heteroatoms. The number of amides is 1. The molecule has 0 aliphatic carbocycles. The van der Waals surface area contributed by atoms with Gasteiger partial charge in [-0.15, -0.1) is 24.8 Å². The Morgan fingerprint density at radius 3 is 1.90 bits per heavy atom. The second-order valence-electron chi connectivity index (χ2n) is 8.76. The lowest BCUT2D eigenvalue weighted by atomic mass is 10.1. The van der Waals surface area contributed by atoms with Gasteiger partial charge in [-0.2, -0.15) is 4.31 Å². The lowest BCUT2D eigenvalue weighted by molar-refractivity contribution is -0.121. The summed E-state index contributed by atoms with van der Waals surface area (Å²) in [6.45, 7) is 14.0. The SMILES string of the molecule is C.C=C.CC.CC(C)(C)OC(=O)N(CC(=O)COc1ccc(-c2cc(Cl)c(OCCCCl)c(Cl)c2)cc1)S(C)(=O)=O. The van der Waals surface area contributed by atoms with Gasteiger partial charge in [0.2, 0.25) is 10.0 Å². The minimum atomic E-state index is -4.02. The van der Waals surface area contributed by atoms with Crippen molar-refractivity contribution in [2.45, 2.75) is 54.1 Å². The predicted octanol–water partition coefficient (Wildman–Crippen LogP) is 8.28. The average molecular weight is 655 g/mol. The van der Waals surface area contributed by atoms with E-state index in [1.807, 2.05) is 13.8 Å². The third-order valence-electron chi connectivity index (χ3n) is 4.43. The second-order valence-corrected chi connectivity index (χ2v) is 11.9. The van der Waals surface area contributed by atoms with Crippen molar-refractivity contribution < 1.29 is 32.2 Å². The third-order valence-corrected chi connectivity index (χ3v) is 6.34. The molecule has 0 heterocycles. The first-order chi connectivity index (χ1) is 18.7. The van der Waals surface area contributed by atoms with E-state index in [9.17, 15) is 18.0 Å². The Balaban J connectivity index is 0. The normalized spacial score (nSPS) is 10.5. The number of nitrogens with zero attached hydrogens (tertiary/aromatic N) is 1. The zero-order chi connectivity index (χ0) is 31.1. The third kappa shape index (κ3) is 14.8. The molecule has 0 atom stereocenters. The molecule has 1 amide bonds. The molecule has 0 unspecified atom stereocenters. The van der Waals surface area contributed by atoms with E-state index in [1.165, 1.54) is 0 Å². The maximum absolute atomic E-state index is 12.3. The highest BCUT2D eigenvalue weighted by atomic mass is 35.5. The summed E-state index contributed by atoms with van der Waals surface area (Å²) in [5.74, 6) is 0.597. The van der Waals surface area contributed by atoms with Gasteiger partial charge in [0, 0.05) is 5.88 Å². The highest BCUT2D eigenvalue weighted by Gasteiger charge is 2.30. The number of ether oxygens (including phenoxy) is 3. The first-order valence-corrected chi connectivity index (χ1v) is 15.5. The van der Waals surface area contributed by atoms with E-state index in [-0.39, 0.29) is 7.43 Å². The Kier molecular flexibility index (Phi) is 19.5. The number of ketones is 1. The summed E-state index contributed by atoms with van der Waals surface area (Å²) in [4.78, 5) is 24.6. The van der Waals surface area contributed by atoms with Crippen molar-refractivity contribution in [1.82, 2.24) is 4.31 Å². The maximum atomic E-state index is 12.3. The molecule has 41 heavy (non-hydrogen) atoms. The molecule has 0 saturated heterocycles. The van der Waals surface area contributed by atoms with E-state index in [0.717, 1.165) is 17.4 Å². The van der Waals surface area contributed by atoms with Crippen LogP contribution in [0.5, 0.6) is 11.5 Å². The van der Waals surface area contributed by atoms with Gasteiger partial charge in [0.15, 0.2) is 11.5 Å². The van der Waals surface area contributed by atoms with Crippen LogP contribution in [0.4, 0.5) is 4.79 Å². The Bertz CT molecular complexity index is 1170. The first kappa shape index (κ1) is 40.7. The van der Waals surface area contributed by atoms with Crippen molar-refractivity contribution in [1.29, 1.82) is 0 Å². The van der Waals surface area contributed by atoms with Crippen LogP contribution in [0.15, 0.2) is 49.6 Å². The molecular formula is C29H42Cl3NO7S. The van der Waals surface area contributed by atoms with Crippen LogP contribution in [0.25, 0.3) is 11.1 Å². The molecule has 0 aliphatic heterocycles. The number of hydrogen-bond donors (Lipinski definition) is 0. The highest BCUT2D eigenvalue weighted by molar-refractivity contribution is 7.88. The number of halogens is 3. The Labute approximate surface area is 260 Å². The summed E-state index contributed by atoms with van der Waals surface area (Å²) >= 11 is 18.3. The summed E-state index contributed by atoms with van der Waals surface area (Å²) in [5, 5.41) is 0.719. The number of benzene rings is 2. The predicted molar refractivity (Wildman–Crippen MR) is 170 cm³/mol. The Hall–Kier alpha value is -2.46.